The van der Waals surface area contributed by atoms with Gasteiger partial charge in [0.15, 0.2) is 0 Å². The Morgan fingerprint density at radius 3 is 2.27 bits per heavy atom. The summed E-state index contributed by atoms with van der Waals surface area (Å²) < 4.78 is 0. The Morgan fingerprint density at radius 1 is 0.933 bits per heavy atom. The third kappa shape index (κ3) is 3.35. The van der Waals surface area contributed by atoms with Gasteiger partial charge in [-0.3, -0.25) is 14.5 Å². The van der Waals surface area contributed by atoms with Crippen LogP contribution in [0.5, 0.6) is 0 Å². The second-order valence-electron chi connectivity index (χ2n) is 7.85. The Balaban J connectivity index is 1.98. The van der Waals surface area contributed by atoms with Crippen molar-refractivity contribution in [3.63, 3.8) is 0 Å². The molecule has 0 saturated carbocycles. The van der Waals surface area contributed by atoms with Gasteiger partial charge in [-0.25, -0.2) is 0 Å². The van der Waals surface area contributed by atoms with Crippen molar-refractivity contribution in [2.45, 2.75) is 33.7 Å². The smallest absolute Gasteiger partial charge is 0.300 e. The number of amides is 1. The Bertz CT molecular complexity index is 1170. The summed E-state index contributed by atoms with van der Waals surface area (Å²) in [6, 6.07) is 14.7. The molecule has 0 bridgehead atoms. The summed E-state index contributed by atoms with van der Waals surface area (Å²) in [5.74, 6) is -1.41. The van der Waals surface area contributed by atoms with Gasteiger partial charge < -0.3 is 5.11 Å². The van der Waals surface area contributed by atoms with E-state index in [2.05, 4.69) is 0 Å². The number of hydrogen-bond donors (Lipinski definition) is 1. The van der Waals surface area contributed by atoms with Crippen molar-refractivity contribution >= 4 is 34.5 Å². The van der Waals surface area contributed by atoms with Crippen LogP contribution in [0.25, 0.3) is 5.76 Å². The van der Waals surface area contributed by atoms with Crippen LogP contribution >= 0.6 is 11.3 Å². The number of benzene rings is 2. The van der Waals surface area contributed by atoms with Crippen molar-refractivity contribution < 1.29 is 14.7 Å². The van der Waals surface area contributed by atoms with E-state index >= 15 is 0 Å². The lowest BCUT2D eigenvalue weighted by Gasteiger charge is -2.25. The van der Waals surface area contributed by atoms with Crippen molar-refractivity contribution in [3.8, 4) is 0 Å². The molecule has 1 unspecified atom stereocenters. The molecule has 5 heteroatoms. The first kappa shape index (κ1) is 20.1. The Hall–Kier alpha value is -3.18. The Kier molecular flexibility index (Phi) is 5.08. The van der Waals surface area contributed by atoms with E-state index in [-0.39, 0.29) is 11.3 Å². The topological polar surface area (TPSA) is 57.6 Å². The van der Waals surface area contributed by atoms with Crippen LogP contribution in [0.4, 0.5) is 5.69 Å². The molecule has 4 nitrogen and oxygen atoms in total. The van der Waals surface area contributed by atoms with Crippen molar-refractivity contribution in [3.05, 3.63) is 92.2 Å². The second kappa shape index (κ2) is 7.58. The molecule has 1 aliphatic heterocycles. The molecule has 1 aliphatic rings. The van der Waals surface area contributed by atoms with Gasteiger partial charge in [-0.1, -0.05) is 29.8 Å². The Morgan fingerprint density at radius 2 is 1.63 bits per heavy atom. The van der Waals surface area contributed by atoms with Crippen molar-refractivity contribution in [1.29, 1.82) is 0 Å². The molecule has 1 saturated heterocycles. The minimum absolute atomic E-state index is 0.125. The van der Waals surface area contributed by atoms with Crippen LogP contribution in [0.1, 0.15) is 38.7 Å². The van der Waals surface area contributed by atoms with Crippen LogP contribution in [0, 0.1) is 27.7 Å². The minimum atomic E-state index is -0.661. The van der Waals surface area contributed by atoms with Gasteiger partial charge in [0.2, 0.25) is 0 Å². The molecular formula is C25H23NO3S. The molecule has 0 radical (unpaired) electrons. The largest absolute Gasteiger partial charge is 0.507 e. The summed E-state index contributed by atoms with van der Waals surface area (Å²) >= 11 is 1.46. The fourth-order valence-corrected chi connectivity index (χ4v) is 4.86. The van der Waals surface area contributed by atoms with Crippen LogP contribution in [0.15, 0.2) is 59.5 Å². The molecule has 3 aromatic rings. The number of carbonyl (C=O) groups is 2. The number of rotatable bonds is 3. The van der Waals surface area contributed by atoms with Gasteiger partial charge >= 0.3 is 0 Å². The normalized spacial score (nSPS) is 18.3. The van der Waals surface area contributed by atoms with Gasteiger partial charge in [-0.05, 0) is 74.0 Å². The van der Waals surface area contributed by atoms with E-state index in [0.29, 0.717) is 11.3 Å². The van der Waals surface area contributed by atoms with Gasteiger partial charge in [-0.2, -0.15) is 0 Å². The first-order chi connectivity index (χ1) is 14.3. The number of carbonyl (C=O) groups excluding carboxylic acids is 2. The van der Waals surface area contributed by atoms with Crippen LogP contribution in [0.3, 0.4) is 0 Å². The van der Waals surface area contributed by atoms with Gasteiger partial charge in [0.1, 0.15) is 11.8 Å². The fourth-order valence-electron chi connectivity index (χ4n) is 4.04. The standard InChI is InChI=1S/C25H23NO3S/c1-14-7-8-17(4)19(13-14)23(27)21-22(20-6-5-9-30-20)26(25(29)24(21)28)18-11-15(2)10-16(3)12-18/h5-13,22,27H,1-4H3/b23-21-. The maximum atomic E-state index is 13.2. The molecule has 2 heterocycles. The van der Waals surface area contributed by atoms with Gasteiger partial charge in [0.05, 0.1) is 5.57 Å². The number of nitrogens with zero attached hydrogens (tertiary/aromatic N) is 1. The van der Waals surface area contributed by atoms with E-state index < -0.39 is 17.7 Å². The van der Waals surface area contributed by atoms with Crippen LogP contribution in [-0.4, -0.2) is 16.8 Å². The highest BCUT2D eigenvalue weighted by atomic mass is 32.1. The lowest BCUT2D eigenvalue weighted by atomic mass is 9.96. The third-order valence-corrected chi connectivity index (χ3v) is 6.31. The molecule has 4 rings (SSSR count). The summed E-state index contributed by atoms with van der Waals surface area (Å²) in [6.07, 6.45) is 0. The Labute approximate surface area is 180 Å². The summed E-state index contributed by atoms with van der Waals surface area (Å²) in [7, 11) is 0. The molecule has 1 aromatic heterocycles. The molecule has 2 aromatic carbocycles. The van der Waals surface area contributed by atoms with Gasteiger partial charge in [-0.15, -0.1) is 11.3 Å². The van der Waals surface area contributed by atoms with Crippen molar-refractivity contribution in [2.75, 3.05) is 4.90 Å². The maximum Gasteiger partial charge on any atom is 0.300 e. The zero-order valence-electron chi connectivity index (χ0n) is 17.4. The molecule has 30 heavy (non-hydrogen) atoms. The number of ketones is 1. The number of aliphatic hydroxyl groups is 1. The molecule has 1 atom stereocenters. The molecule has 1 N–H and O–H groups in total. The molecule has 1 fully saturated rings. The number of aliphatic hydroxyl groups excluding tert-OH is 1. The van der Waals surface area contributed by atoms with Crippen LogP contribution in [0.2, 0.25) is 0 Å². The lowest BCUT2D eigenvalue weighted by Crippen LogP contribution is -2.29. The van der Waals surface area contributed by atoms with E-state index in [1.165, 1.54) is 16.2 Å². The van der Waals surface area contributed by atoms with E-state index in [9.17, 15) is 14.7 Å². The molecule has 1 amide bonds. The highest BCUT2D eigenvalue weighted by Gasteiger charge is 2.47. The average Bonchev–Trinajstić information content (AvgIpc) is 3.30. The quantitative estimate of drug-likeness (QED) is 0.342. The number of aryl methyl sites for hydroxylation is 4. The number of anilines is 1. The van der Waals surface area contributed by atoms with E-state index in [1.807, 2.05) is 81.6 Å². The van der Waals surface area contributed by atoms with E-state index in [0.717, 1.165) is 27.1 Å². The van der Waals surface area contributed by atoms with E-state index in [4.69, 9.17) is 0 Å². The maximum absolute atomic E-state index is 13.2. The first-order valence-electron chi connectivity index (χ1n) is 9.78. The minimum Gasteiger partial charge on any atom is -0.507 e. The number of hydrogen-bond acceptors (Lipinski definition) is 4. The molecule has 0 aliphatic carbocycles. The molecule has 0 spiro atoms. The first-order valence-corrected chi connectivity index (χ1v) is 10.7. The number of thiophene rings is 1. The monoisotopic (exact) mass is 417 g/mol. The van der Waals surface area contributed by atoms with Crippen molar-refractivity contribution in [2.24, 2.45) is 0 Å². The third-order valence-electron chi connectivity index (χ3n) is 5.39. The highest BCUT2D eigenvalue weighted by Crippen LogP contribution is 2.44. The van der Waals surface area contributed by atoms with Crippen LogP contribution < -0.4 is 4.90 Å². The van der Waals surface area contributed by atoms with E-state index in [1.54, 1.807) is 0 Å². The predicted octanol–water partition coefficient (Wildman–Crippen LogP) is 5.61. The predicted molar refractivity (Wildman–Crippen MR) is 121 cm³/mol. The highest BCUT2D eigenvalue weighted by molar-refractivity contribution is 7.10. The molecule has 152 valence electrons. The summed E-state index contributed by atoms with van der Waals surface area (Å²) in [4.78, 5) is 28.7. The summed E-state index contributed by atoms with van der Waals surface area (Å²) in [5, 5.41) is 13.2. The van der Waals surface area contributed by atoms with Gasteiger partial charge in [0, 0.05) is 16.1 Å². The van der Waals surface area contributed by atoms with Gasteiger partial charge in [0.25, 0.3) is 11.7 Å². The number of Topliss-reactive ketones (excluding diaryl/α,β-unsaturated/α-hetero) is 1. The zero-order chi connectivity index (χ0) is 21.6. The van der Waals surface area contributed by atoms with Crippen molar-refractivity contribution in [1.82, 2.24) is 0 Å². The zero-order valence-corrected chi connectivity index (χ0v) is 18.2. The average molecular weight is 418 g/mol. The summed E-state index contributed by atoms with van der Waals surface area (Å²) in [5.41, 5.74) is 5.20. The molecular weight excluding hydrogens is 394 g/mol. The fraction of sp³-hybridized carbons (Fsp3) is 0.200. The SMILES string of the molecule is Cc1cc(C)cc(N2C(=O)C(=O)/C(=C(\O)c3cc(C)ccc3C)C2c2cccs2)c1. The second-order valence-corrected chi connectivity index (χ2v) is 8.83. The lowest BCUT2D eigenvalue weighted by molar-refractivity contribution is -0.132. The van der Waals surface area contributed by atoms with Crippen LogP contribution in [-0.2, 0) is 9.59 Å². The summed E-state index contributed by atoms with van der Waals surface area (Å²) in [6.45, 7) is 7.74.